The van der Waals surface area contributed by atoms with E-state index < -0.39 is 74.2 Å². The molecule has 11 nitrogen and oxygen atoms in total. The van der Waals surface area contributed by atoms with E-state index in [1.807, 2.05) is 0 Å². The van der Waals surface area contributed by atoms with Crippen molar-refractivity contribution >= 4 is 5.91 Å². The highest BCUT2D eigenvalue weighted by Crippen LogP contribution is 2.23. The van der Waals surface area contributed by atoms with Gasteiger partial charge in [-0.25, -0.2) is 0 Å². The quantitative estimate of drug-likeness (QED) is 0.0215. The third kappa shape index (κ3) is 36.2. The Labute approximate surface area is 423 Å². The fourth-order valence-corrected chi connectivity index (χ4v) is 9.47. The molecular formula is C58H111NO10. The lowest BCUT2D eigenvalue weighted by Gasteiger charge is -2.40. The summed E-state index contributed by atoms with van der Waals surface area (Å²) in [6, 6.07) is -1.17. The maximum atomic E-state index is 13.2. The van der Waals surface area contributed by atoms with Gasteiger partial charge in [0.05, 0.1) is 25.4 Å². The van der Waals surface area contributed by atoms with Crippen LogP contribution in [0.15, 0.2) is 24.3 Å². The molecule has 9 atom stereocenters. The predicted octanol–water partition coefficient (Wildman–Crippen LogP) is 12.1. The third-order valence-corrected chi connectivity index (χ3v) is 14.3. The lowest BCUT2D eigenvalue weighted by atomic mass is 9.98. The lowest BCUT2D eigenvalue weighted by Crippen LogP contribution is -2.60. The van der Waals surface area contributed by atoms with Crippen molar-refractivity contribution in [1.29, 1.82) is 0 Å². The average molecular weight is 983 g/mol. The molecule has 9 unspecified atom stereocenters. The van der Waals surface area contributed by atoms with Gasteiger partial charge in [0.1, 0.15) is 36.6 Å². The Balaban J connectivity index is 2.29. The Hall–Kier alpha value is -1.41. The summed E-state index contributed by atoms with van der Waals surface area (Å²) in [5.41, 5.74) is 0. The highest BCUT2D eigenvalue weighted by molar-refractivity contribution is 5.80. The molecule has 8 N–H and O–H groups in total. The molecule has 1 rings (SSSR count). The number of allylic oxidation sites excluding steroid dienone is 4. The predicted molar refractivity (Wildman–Crippen MR) is 284 cm³/mol. The molecule has 0 radical (unpaired) electrons. The minimum absolute atomic E-state index is 0.258. The lowest BCUT2D eigenvalue weighted by molar-refractivity contribution is -0.303. The molecular weight excluding hydrogens is 871 g/mol. The third-order valence-electron chi connectivity index (χ3n) is 14.3. The van der Waals surface area contributed by atoms with Gasteiger partial charge < -0.3 is 50.5 Å². The first-order valence-electron chi connectivity index (χ1n) is 29.2. The van der Waals surface area contributed by atoms with Gasteiger partial charge >= 0.3 is 0 Å². The Morgan fingerprint density at radius 2 is 0.884 bits per heavy atom. The second kappa shape index (κ2) is 47.6. The topological polar surface area (TPSA) is 189 Å². The van der Waals surface area contributed by atoms with Gasteiger partial charge in [0.25, 0.3) is 0 Å². The van der Waals surface area contributed by atoms with E-state index in [2.05, 4.69) is 43.5 Å². The number of hydrogen-bond acceptors (Lipinski definition) is 10. The maximum Gasteiger partial charge on any atom is 0.249 e. The van der Waals surface area contributed by atoms with E-state index in [4.69, 9.17) is 9.47 Å². The molecule has 408 valence electrons. The molecule has 0 aromatic heterocycles. The summed E-state index contributed by atoms with van der Waals surface area (Å²) in [7, 11) is 0. The summed E-state index contributed by atoms with van der Waals surface area (Å²) in [5.74, 6) is -0.696. The van der Waals surface area contributed by atoms with Gasteiger partial charge in [-0.1, -0.05) is 250 Å². The molecule has 11 heteroatoms. The molecule has 0 aromatic rings. The number of aliphatic hydroxyl groups is 7. The van der Waals surface area contributed by atoms with Gasteiger partial charge in [-0.3, -0.25) is 4.79 Å². The van der Waals surface area contributed by atoms with Gasteiger partial charge in [-0.05, 0) is 44.9 Å². The molecule has 0 spiro atoms. The van der Waals surface area contributed by atoms with Crippen LogP contribution in [-0.4, -0.2) is 110 Å². The van der Waals surface area contributed by atoms with Crippen molar-refractivity contribution in [3.05, 3.63) is 24.3 Å². The average Bonchev–Trinajstić information content (AvgIpc) is 3.35. The first-order valence-corrected chi connectivity index (χ1v) is 29.2. The second-order valence-corrected chi connectivity index (χ2v) is 20.7. The molecule has 1 heterocycles. The smallest absolute Gasteiger partial charge is 0.249 e. The number of ether oxygens (including phenoxy) is 2. The van der Waals surface area contributed by atoms with Crippen LogP contribution in [0.2, 0.25) is 0 Å². The Bertz CT molecular complexity index is 1170. The van der Waals surface area contributed by atoms with E-state index in [0.717, 1.165) is 51.4 Å². The van der Waals surface area contributed by atoms with Gasteiger partial charge in [0.15, 0.2) is 6.29 Å². The summed E-state index contributed by atoms with van der Waals surface area (Å²) >= 11 is 0. The SMILES string of the molecule is CCCCCCCCCCC/C=C\C/C=C\CCCCCCCCCCCCC(O)C(=O)NC(COC1OC(CO)C(O)C(O)C1O)C(O)C(O)CCCCCCCCCCCCCCCCCC. The summed E-state index contributed by atoms with van der Waals surface area (Å²) in [6.07, 6.45) is 45.1. The molecule has 1 aliphatic heterocycles. The number of nitrogens with one attached hydrogen (secondary N) is 1. The number of unbranched alkanes of at least 4 members (excludes halogenated alkanes) is 34. The first-order chi connectivity index (χ1) is 33.7. The van der Waals surface area contributed by atoms with Crippen molar-refractivity contribution in [3.8, 4) is 0 Å². The van der Waals surface area contributed by atoms with Gasteiger partial charge in [-0.15, -0.1) is 0 Å². The molecule has 1 aliphatic rings. The minimum atomic E-state index is -1.66. The maximum absolute atomic E-state index is 13.2. The summed E-state index contributed by atoms with van der Waals surface area (Å²) in [5, 5.41) is 76.1. The van der Waals surface area contributed by atoms with Gasteiger partial charge in [0.2, 0.25) is 5.91 Å². The van der Waals surface area contributed by atoms with E-state index in [1.165, 1.54) is 180 Å². The number of rotatable bonds is 50. The van der Waals surface area contributed by atoms with Crippen LogP contribution < -0.4 is 5.32 Å². The van der Waals surface area contributed by atoms with Crippen LogP contribution in [0.5, 0.6) is 0 Å². The van der Waals surface area contributed by atoms with Crippen LogP contribution in [0.4, 0.5) is 0 Å². The van der Waals surface area contributed by atoms with Gasteiger partial charge in [0, 0.05) is 0 Å². The zero-order chi connectivity index (χ0) is 50.4. The zero-order valence-electron chi connectivity index (χ0n) is 44.6. The Morgan fingerprint density at radius 3 is 1.29 bits per heavy atom. The van der Waals surface area contributed by atoms with E-state index >= 15 is 0 Å². The van der Waals surface area contributed by atoms with Crippen LogP contribution >= 0.6 is 0 Å². The van der Waals surface area contributed by atoms with Gasteiger partial charge in [-0.2, -0.15) is 0 Å². The van der Waals surface area contributed by atoms with Crippen LogP contribution in [0, 0.1) is 0 Å². The molecule has 0 aromatic carbocycles. The largest absolute Gasteiger partial charge is 0.394 e. The van der Waals surface area contributed by atoms with Crippen molar-refractivity contribution in [3.63, 3.8) is 0 Å². The van der Waals surface area contributed by atoms with Crippen LogP contribution in [-0.2, 0) is 14.3 Å². The summed E-state index contributed by atoms with van der Waals surface area (Å²) in [6.45, 7) is 3.48. The summed E-state index contributed by atoms with van der Waals surface area (Å²) < 4.78 is 11.1. The number of amides is 1. The number of carbonyl (C=O) groups excluding carboxylic acids is 1. The molecule has 0 aliphatic carbocycles. The molecule has 1 amide bonds. The van der Waals surface area contributed by atoms with Crippen molar-refractivity contribution in [2.75, 3.05) is 13.2 Å². The molecule has 69 heavy (non-hydrogen) atoms. The van der Waals surface area contributed by atoms with E-state index in [0.29, 0.717) is 19.3 Å². The first kappa shape index (κ1) is 65.6. The fourth-order valence-electron chi connectivity index (χ4n) is 9.47. The van der Waals surface area contributed by atoms with E-state index in [-0.39, 0.29) is 6.42 Å². The normalized spacial score (nSPS) is 20.5. The zero-order valence-corrected chi connectivity index (χ0v) is 44.6. The van der Waals surface area contributed by atoms with Crippen molar-refractivity contribution in [2.45, 2.75) is 326 Å². The van der Waals surface area contributed by atoms with E-state index in [1.54, 1.807) is 0 Å². The second-order valence-electron chi connectivity index (χ2n) is 20.7. The van der Waals surface area contributed by atoms with Crippen LogP contribution in [0.25, 0.3) is 0 Å². The molecule has 1 saturated heterocycles. The highest BCUT2D eigenvalue weighted by atomic mass is 16.7. The van der Waals surface area contributed by atoms with E-state index in [9.17, 15) is 40.5 Å². The number of hydrogen-bond donors (Lipinski definition) is 8. The molecule has 0 bridgehead atoms. The monoisotopic (exact) mass is 982 g/mol. The van der Waals surface area contributed by atoms with Crippen molar-refractivity contribution in [2.24, 2.45) is 0 Å². The Kier molecular flexibility index (Phi) is 45.2. The van der Waals surface area contributed by atoms with Crippen molar-refractivity contribution < 1.29 is 50.0 Å². The molecule has 0 saturated carbocycles. The minimum Gasteiger partial charge on any atom is -0.394 e. The van der Waals surface area contributed by atoms with Crippen LogP contribution in [0.3, 0.4) is 0 Å². The number of aliphatic hydroxyl groups excluding tert-OH is 7. The number of carbonyl (C=O) groups is 1. The van der Waals surface area contributed by atoms with Crippen molar-refractivity contribution in [1.82, 2.24) is 5.32 Å². The standard InChI is InChI=1S/C58H111NO10/c1-3-5-7-9-11-13-15-17-19-21-22-23-24-25-26-27-28-29-30-32-34-36-38-40-42-44-46-51(62)57(67)59-49(48-68-58-56(66)55(65)54(64)52(47-60)69-58)53(63)50(61)45-43-41-39-37-35-33-31-20-18-16-14-12-10-8-6-4-2/h22-23,25-26,49-56,58,60-66H,3-21,24,27-48H2,1-2H3,(H,59,67)/b23-22-,26-25-. The molecule has 1 fully saturated rings. The summed E-state index contributed by atoms with van der Waals surface area (Å²) in [4.78, 5) is 13.2. The van der Waals surface area contributed by atoms with Crippen LogP contribution in [0.1, 0.15) is 271 Å². The highest BCUT2D eigenvalue weighted by Gasteiger charge is 2.44. The fraction of sp³-hybridized carbons (Fsp3) is 0.914. The Morgan fingerprint density at radius 1 is 0.507 bits per heavy atom.